The molecule has 0 aromatic carbocycles. The predicted molar refractivity (Wildman–Crippen MR) is 99.5 cm³/mol. The van der Waals surface area contributed by atoms with Gasteiger partial charge in [0.25, 0.3) is 0 Å². The van der Waals surface area contributed by atoms with Gasteiger partial charge < -0.3 is 15.2 Å². The number of urea groups is 1. The summed E-state index contributed by atoms with van der Waals surface area (Å²) in [4.78, 5) is 20.7. The Balaban J connectivity index is 1.55. The van der Waals surface area contributed by atoms with Crippen molar-refractivity contribution in [2.45, 2.75) is 77.3 Å². The van der Waals surface area contributed by atoms with Crippen LogP contribution in [0.5, 0.6) is 0 Å². The lowest BCUT2D eigenvalue weighted by molar-refractivity contribution is 0.0999. The van der Waals surface area contributed by atoms with Crippen LogP contribution in [0.1, 0.15) is 71.0 Å². The van der Waals surface area contributed by atoms with Crippen molar-refractivity contribution in [1.29, 1.82) is 0 Å². The van der Waals surface area contributed by atoms with Gasteiger partial charge in [-0.1, -0.05) is 38.8 Å². The third-order valence-corrected chi connectivity index (χ3v) is 5.73. The van der Waals surface area contributed by atoms with E-state index < -0.39 is 0 Å². The Morgan fingerprint density at radius 2 is 1.88 bits per heavy atom. The highest BCUT2D eigenvalue weighted by atomic mass is 16.5. The molecule has 146 valence electrons. The highest BCUT2D eigenvalue weighted by Crippen LogP contribution is 2.30. The Hall–Kier alpha value is -1.63. The lowest BCUT2D eigenvalue weighted by Crippen LogP contribution is -2.49. The molecule has 2 amide bonds. The van der Waals surface area contributed by atoms with Crippen LogP contribution in [0.25, 0.3) is 0 Å². The van der Waals surface area contributed by atoms with Crippen molar-refractivity contribution in [3.05, 3.63) is 11.7 Å². The Morgan fingerprint density at radius 1 is 1.15 bits per heavy atom. The Labute approximate surface area is 156 Å². The number of hydrogen-bond donors (Lipinski definition) is 1. The van der Waals surface area contributed by atoms with Crippen LogP contribution in [-0.2, 0) is 12.0 Å². The van der Waals surface area contributed by atoms with Crippen LogP contribution in [0.2, 0.25) is 0 Å². The standard InChI is InChI=1S/C19H33N5O2/c1-19(2,3)17-21-16(22-26-17)13-23-11-8-14(9-12-23)15-7-5-4-6-10-24(15)18(20)25/h14-15H,4-13H2,1-3H3,(H2,20,25)/t15-/m1/s1. The molecule has 0 saturated carbocycles. The zero-order chi connectivity index (χ0) is 18.7. The van der Waals surface area contributed by atoms with Crippen molar-refractivity contribution in [1.82, 2.24) is 19.9 Å². The minimum atomic E-state index is -0.249. The quantitative estimate of drug-likeness (QED) is 0.892. The van der Waals surface area contributed by atoms with Crippen molar-refractivity contribution in [3.8, 4) is 0 Å². The zero-order valence-corrected chi connectivity index (χ0v) is 16.4. The molecule has 2 fully saturated rings. The highest BCUT2D eigenvalue weighted by molar-refractivity contribution is 5.72. The SMILES string of the molecule is CC(C)(C)c1nc(CN2CCC([C@H]3CCCCCN3C(N)=O)CC2)no1. The van der Waals surface area contributed by atoms with E-state index in [0.717, 1.165) is 57.7 Å². The summed E-state index contributed by atoms with van der Waals surface area (Å²) in [6.07, 6.45) is 6.76. The maximum atomic E-state index is 11.9. The lowest BCUT2D eigenvalue weighted by Gasteiger charge is -2.39. The largest absolute Gasteiger partial charge is 0.351 e. The average molecular weight is 364 g/mol. The van der Waals surface area contributed by atoms with Crippen LogP contribution >= 0.6 is 0 Å². The third kappa shape index (κ3) is 4.55. The van der Waals surface area contributed by atoms with E-state index in [1.165, 1.54) is 12.8 Å². The van der Waals surface area contributed by atoms with Gasteiger partial charge in [0.1, 0.15) is 0 Å². The number of piperidine rings is 1. The number of likely N-dealkylation sites (tertiary alicyclic amines) is 2. The molecule has 0 unspecified atom stereocenters. The van der Waals surface area contributed by atoms with E-state index >= 15 is 0 Å². The van der Waals surface area contributed by atoms with Crippen molar-refractivity contribution in [3.63, 3.8) is 0 Å². The molecule has 2 aliphatic heterocycles. The van der Waals surface area contributed by atoms with E-state index in [1.807, 2.05) is 4.90 Å². The first-order valence-corrected chi connectivity index (χ1v) is 9.96. The van der Waals surface area contributed by atoms with Crippen molar-refractivity contribution in [2.24, 2.45) is 11.7 Å². The first kappa shape index (κ1) is 19.1. The Kier molecular flexibility index (Phi) is 5.85. The van der Waals surface area contributed by atoms with E-state index in [1.54, 1.807) is 0 Å². The number of rotatable bonds is 3. The molecule has 2 saturated heterocycles. The summed E-state index contributed by atoms with van der Waals surface area (Å²) in [6, 6.07) is 0.0654. The third-order valence-electron chi connectivity index (χ3n) is 5.73. The van der Waals surface area contributed by atoms with Crippen molar-refractivity contribution in [2.75, 3.05) is 19.6 Å². The maximum Gasteiger partial charge on any atom is 0.315 e. The Morgan fingerprint density at radius 3 is 2.50 bits per heavy atom. The second kappa shape index (κ2) is 7.94. The monoisotopic (exact) mass is 363 g/mol. The van der Waals surface area contributed by atoms with Crippen molar-refractivity contribution >= 4 is 6.03 Å². The number of carbonyl (C=O) groups excluding carboxylic acids is 1. The molecule has 1 aromatic rings. The molecule has 7 heteroatoms. The van der Waals surface area contributed by atoms with Crippen LogP contribution < -0.4 is 5.73 Å². The lowest BCUT2D eigenvalue weighted by atomic mass is 9.86. The molecule has 1 atom stereocenters. The first-order chi connectivity index (χ1) is 12.3. The summed E-state index contributed by atoms with van der Waals surface area (Å²) in [5.74, 6) is 2.01. The van der Waals surface area contributed by atoms with Gasteiger partial charge in [-0.15, -0.1) is 0 Å². The van der Waals surface area contributed by atoms with Crippen molar-refractivity contribution < 1.29 is 9.32 Å². The molecule has 1 aromatic heterocycles. The summed E-state index contributed by atoms with van der Waals surface area (Å²) in [5, 5.41) is 4.14. The van der Waals surface area contributed by atoms with Crippen LogP contribution in [0, 0.1) is 5.92 Å². The highest BCUT2D eigenvalue weighted by Gasteiger charge is 2.33. The molecular formula is C19H33N5O2. The van der Waals surface area contributed by atoms with Gasteiger partial charge in [0, 0.05) is 18.0 Å². The van der Waals surface area contributed by atoms with Gasteiger partial charge in [0.2, 0.25) is 5.89 Å². The van der Waals surface area contributed by atoms with Gasteiger partial charge >= 0.3 is 6.03 Å². The normalized spacial score (nSPS) is 23.8. The number of nitrogens with two attached hydrogens (primary N) is 1. The molecule has 26 heavy (non-hydrogen) atoms. The molecule has 3 rings (SSSR count). The molecule has 2 N–H and O–H groups in total. The van der Waals surface area contributed by atoms with Gasteiger partial charge in [-0.2, -0.15) is 4.98 Å². The molecule has 0 radical (unpaired) electrons. The van der Waals surface area contributed by atoms with Crippen LogP contribution in [-0.4, -0.2) is 51.6 Å². The summed E-state index contributed by atoms with van der Waals surface area (Å²) in [5.41, 5.74) is 5.54. The van der Waals surface area contributed by atoms with E-state index in [9.17, 15) is 4.79 Å². The van der Waals surface area contributed by atoms with Gasteiger partial charge in [-0.25, -0.2) is 4.79 Å². The summed E-state index contributed by atoms with van der Waals surface area (Å²) >= 11 is 0. The van der Waals surface area contributed by atoms with E-state index in [-0.39, 0.29) is 11.4 Å². The number of carbonyl (C=O) groups is 1. The Bertz CT molecular complexity index is 601. The van der Waals surface area contributed by atoms with Gasteiger partial charge in [0.05, 0.1) is 6.54 Å². The molecule has 2 aliphatic rings. The molecule has 0 spiro atoms. The minimum Gasteiger partial charge on any atom is -0.351 e. The maximum absolute atomic E-state index is 11.9. The van der Waals surface area contributed by atoms with Gasteiger partial charge in [0.15, 0.2) is 5.82 Å². The predicted octanol–water partition coefficient (Wildman–Crippen LogP) is 2.90. The number of primary amides is 1. The second-order valence-corrected chi connectivity index (χ2v) is 8.83. The van der Waals surface area contributed by atoms with Crippen LogP contribution in [0.4, 0.5) is 4.79 Å². The molecule has 0 aliphatic carbocycles. The van der Waals surface area contributed by atoms with Crippen LogP contribution in [0.15, 0.2) is 4.52 Å². The van der Waals surface area contributed by atoms with Gasteiger partial charge in [-0.05, 0) is 44.7 Å². The summed E-state index contributed by atoms with van der Waals surface area (Å²) in [7, 11) is 0. The van der Waals surface area contributed by atoms with E-state index in [2.05, 4.69) is 35.8 Å². The summed E-state index contributed by atoms with van der Waals surface area (Å²) in [6.45, 7) is 9.79. The molecule has 0 bridgehead atoms. The number of hydrogen-bond acceptors (Lipinski definition) is 5. The fourth-order valence-corrected chi connectivity index (χ4v) is 4.22. The van der Waals surface area contributed by atoms with E-state index in [4.69, 9.17) is 10.3 Å². The number of nitrogens with zero attached hydrogens (tertiary/aromatic N) is 4. The number of aromatic nitrogens is 2. The summed E-state index contributed by atoms with van der Waals surface area (Å²) < 4.78 is 5.40. The molecule has 7 nitrogen and oxygen atoms in total. The zero-order valence-electron chi connectivity index (χ0n) is 16.4. The van der Waals surface area contributed by atoms with E-state index in [0.29, 0.717) is 17.9 Å². The number of amides is 2. The fourth-order valence-electron chi connectivity index (χ4n) is 4.22. The van der Waals surface area contributed by atoms with Gasteiger partial charge in [-0.3, -0.25) is 4.90 Å². The van der Waals surface area contributed by atoms with Crippen LogP contribution in [0.3, 0.4) is 0 Å². The fraction of sp³-hybridized carbons (Fsp3) is 0.842. The smallest absolute Gasteiger partial charge is 0.315 e. The topological polar surface area (TPSA) is 88.5 Å². The second-order valence-electron chi connectivity index (χ2n) is 8.83. The minimum absolute atomic E-state index is 0.115. The average Bonchev–Trinajstić information content (AvgIpc) is 2.91. The molecular weight excluding hydrogens is 330 g/mol. The molecule has 3 heterocycles. The first-order valence-electron chi connectivity index (χ1n) is 9.96.